The number of hydrogen-bond acceptors (Lipinski definition) is 7. The molecule has 0 bridgehead atoms. The van der Waals surface area contributed by atoms with E-state index in [0.29, 0.717) is 5.69 Å². The van der Waals surface area contributed by atoms with Gasteiger partial charge in [0.25, 0.3) is 15.7 Å². The van der Waals surface area contributed by atoms with E-state index in [4.69, 9.17) is 0 Å². The van der Waals surface area contributed by atoms with Crippen molar-refractivity contribution in [3.63, 3.8) is 0 Å². The third-order valence-electron chi connectivity index (χ3n) is 2.58. The van der Waals surface area contributed by atoms with Crippen LogP contribution in [0.25, 0.3) is 0 Å². The van der Waals surface area contributed by atoms with Gasteiger partial charge in [0.15, 0.2) is 10.0 Å². The predicted molar refractivity (Wildman–Crippen MR) is 80.3 cm³/mol. The highest BCUT2D eigenvalue weighted by molar-refractivity contribution is 7.93. The van der Waals surface area contributed by atoms with Crippen molar-refractivity contribution in [2.24, 2.45) is 0 Å². The highest BCUT2D eigenvalue weighted by atomic mass is 32.2. The topological polar surface area (TPSA) is 114 Å². The summed E-state index contributed by atoms with van der Waals surface area (Å²) in [5.74, 6) is 0. The molecule has 2 rings (SSSR count). The van der Waals surface area contributed by atoms with Gasteiger partial charge in [0.05, 0.1) is 4.92 Å². The zero-order chi connectivity index (χ0) is 15.6. The molecule has 0 radical (unpaired) electrons. The lowest BCUT2D eigenvalue weighted by Gasteiger charge is -2.08. The van der Waals surface area contributed by atoms with E-state index in [1.165, 1.54) is 18.3 Å². The van der Waals surface area contributed by atoms with Gasteiger partial charge < -0.3 is 5.32 Å². The Morgan fingerprint density at radius 3 is 2.62 bits per heavy atom. The summed E-state index contributed by atoms with van der Waals surface area (Å²) in [6.07, 6.45) is 1.51. The first-order chi connectivity index (χ1) is 9.83. The Kier molecular flexibility index (Phi) is 4.09. The molecule has 8 nitrogen and oxygen atoms in total. The van der Waals surface area contributed by atoms with E-state index in [1.54, 1.807) is 14.0 Å². The molecule has 1 heterocycles. The van der Waals surface area contributed by atoms with E-state index >= 15 is 0 Å². The minimum atomic E-state index is -4.09. The summed E-state index contributed by atoms with van der Waals surface area (Å²) in [5.41, 5.74) is -0.0360. The second kappa shape index (κ2) is 5.66. The number of aryl methyl sites for hydroxylation is 1. The van der Waals surface area contributed by atoms with Crippen LogP contribution in [0.15, 0.2) is 29.3 Å². The van der Waals surface area contributed by atoms with E-state index in [9.17, 15) is 18.5 Å². The fourth-order valence-electron chi connectivity index (χ4n) is 1.61. The van der Waals surface area contributed by atoms with Crippen molar-refractivity contribution in [2.45, 2.75) is 11.8 Å². The number of nitrogens with one attached hydrogen (secondary N) is 2. The average molecular weight is 328 g/mol. The second-order valence-electron chi connectivity index (χ2n) is 4.07. The molecule has 0 atom stereocenters. The molecule has 2 aromatic rings. The summed E-state index contributed by atoms with van der Waals surface area (Å²) >= 11 is 1.15. The summed E-state index contributed by atoms with van der Waals surface area (Å²) in [7, 11) is -2.50. The molecule has 0 fully saturated rings. The Bertz CT molecular complexity index is 785. The second-order valence-corrected chi connectivity index (χ2v) is 6.96. The van der Waals surface area contributed by atoms with Gasteiger partial charge >= 0.3 is 0 Å². The summed E-state index contributed by atoms with van der Waals surface area (Å²) in [6, 6.07) is 3.79. The van der Waals surface area contributed by atoms with Crippen molar-refractivity contribution in [2.75, 3.05) is 17.1 Å². The van der Waals surface area contributed by atoms with Crippen molar-refractivity contribution < 1.29 is 13.3 Å². The van der Waals surface area contributed by atoms with Crippen LogP contribution in [0.3, 0.4) is 0 Å². The normalized spacial score (nSPS) is 11.1. The molecule has 1 aromatic heterocycles. The minimum absolute atomic E-state index is 0.164. The van der Waals surface area contributed by atoms with Crippen molar-refractivity contribution in [1.29, 1.82) is 0 Å². The standard InChI is InChI=1S/C11H12N4O4S2/c1-7-6-13-11(20-7)14-21(18,19)10-5-8(12-2)3-4-9(10)15(16)17/h3-6,12H,1-2H3,(H,13,14). The van der Waals surface area contributed by atoms with Crippen LogP contribution in [0.5, 0.6) is 0 Å². The summed E-state index contributed by atoms with van der Waals surface area (Å²) in [5, 5.41) is 13.9. The van der Waals surface area contributed by atoms with Crippen molar-refractivity contribution >= 4 is 37.9 Å². The molecule has 0 saturated carbocycles. The zero-order valence-electron chi connectivity index (χ0n) is 11.2. The van der Waals surface area contributed by atoms with E-state index in [0.717, 1.165) is 22.3 Å². The summed E-state index contributed by atoms with van der Waals surface area (Å²) in [6.45, 7) is 1.78. The third kappa shape index (κ3) is 3.28. The first-order valence-electron chi connectivity index (χ1n) is 5.75. The Morgan fingerprint density at radius 1 is 1.38 bits per heavy atom. The number of benzene rings is 1. The fourth-order valence-corrected chi connectivity index (χ4v) is 3.71. The van der Waals surface area contributed by atoms with Gasteiger partial charge in [0.1, 0.15) is 0 Å². The van der Waals surface area contributed by atoms with E-state index in [-0.39, 0.29) is 5.13 Å². The maximum Gasteiger partial charge on any atom is 0.290 e. The Morgan fingerprint density at radius 2 is 2.10 bits per heavy atom. The van der Waals surface area contributed by atoms with Gasteiger partial charge in [-0.1, -0.05) is 0 Å². The Labute approximate surface area is 125 Å². The predicted octanol–water partition coefficient (Wildman–Crippen LogP) is 2.20. The number of sulfonamides is 1. The number of thiazole rings is 1. The fraction of sp³-hybridized carbons (Fsp3) is 0.182. The quantitative estimate of drug-likeness (QED) is 0.642. The van der Waals surface area contributed by atoms with Crippen LogP contribution in [0.1, 0.15) is 4.88 Å². The van der Waals surface area contributed by atoms with Gasteiger partial charge in [-0.3, -0.25) is 14.8 Å². The van der Waals surface area contributed by atoms with Crippen LogP contribution < -0.4 is 10.0 Å². The molecule has 0 aliphatic rings. The number of aromatic nitrogens is 1. The Hall–Kier alpha value is -2.20. The van der Waals surface area contributed by atoms with Crippen LogP contribution in [-0.4, -0.2) is 25.4 Å². The van der Waals surface area contributed by atoms with Crippen LogP contribution in [0.4, 0.5) is 16.5 Å². The number of hydrogen-bond donors (Lipinski definition) is 2. The van der Waals surface area contributed by atoms with E-state index in [2.05, 4.69) is 15.0 Å². The molecule has 10 heteroatoms. The van der Waals surface area contributed by atoms with Gasteiger partial charge in [0, 0.05) is 29.9 Å². The average Bonchev–Trinajstić information content (AvgIpc) is 2.82. The highest BCUT2D eigenvalue weighted by Crippen LogP contribution is 2.29. The van der Waals surface area contributed by atoms with E-state index in [1.807, 2.05) is 0 Å². The molecule has 0 spiro atoms. The van der Waals surface area contributed by atoms with E-state index < -0.39 is 25.5 Å². The lowest BCUT2D eigenvalue weighted by Crippen LogP contribution is -2.15. The first kappa shape index (κ1) is 15.2. The van der Waals surface area contributed by atoms with Crippen molar-refractivity contribution in [3.05, 3.63) is 39.4 Å². The Balaban J connectivity index is 2.49. The van der Waals surface area contributed by atoms with Gasteiger partial charge in [-0.15, -0.1) is 11.3 Å². The number of nitrogens with zero attached hydrogens (tertiary/aromatic N) is 2. The first-order valence-corrected chi connectivity index (χ1v) is 8.05. The SMILES string of the molecule is CNc1ccc([N+](=O)[O-])c(S(=O)(=O)Nc2ncc(C)s2)c1. The molecule has 0 aliphatic heterocycles. The molecule has 0 saturated heterocycles. The number of rotatable bonds is 5. The summed E-state index contributed by atoms with van der Waals surface area (Å²) in [4.78, 5) is 14.6. The number of anilines is 2. The molecule has 2 N–H and O–H groups in total. The molecule has 0 amide bonds. The van der Waals surface area contributed by atoms with Crippen LogP contribution in [-0.2, 0) is 10.0 Å². The van der Waals surface area contributed by atoms with Crippen molar-refractivity contribution in [1.82, 2.24) is 4.98 Å². The maximum absolute atomic E-state index is 12.3. The number of nitro groups is 1. The third-order valence-corrected chi connectivity index (χ3v) is 4.90. The molecule has 0 unspecified atom stereocenters. The van der Waals surface area contributed by atoms with Crippen molar-refractivity contribution in [3.8, 4) is 0 Å². The lowest BCUT2D eigenvalue weighted by atomic mass is 10.3. The van der Waals surface area contributed by atoms with Crippen LogP contribution in [0.2, 0.25) is 0 Å². The molecule has 0 aliphatic carbocycles. The lowest BCUT2D eigenvalue weighted by molar-refractivity contribution is -0.387. The minimum Gasteiger partial charge on any atom is -0.388 e. The zero-order valence-corrected chi connectivity index (χ0v) is 12.8. The van der Waals surface area contributed by atoms with Gasteiger partial charge in [0.2, 0.25) is 0 Å². The summed E-state index contributed by atoms with van der Waals surface area (Å²) < 4.78 is 26.9. The molecule has 112 valence electrons. The van der Waals surface area contributed by atoms with Gasteiger partial charge in [-0.25, -0.2) is 13.4 Å². The van der Waals surface area contributed by atoms with Crippen LogP contribution in [0, 0.1) is 17.0 Å². The van der Waals surface area contributed by atoms with Crippen LogP contribution >= 0.6 is 11.3 Å². The van der Waals surface area contributed by atoms with Gasteiger partial charge in [-0.2, -0.15) is 0 Å². The number of nitro benzene ring substituents is 1. The largest absolute Gasteiger partial charge is 0.388 e. The molecule has 1 aromatic carbocycles. The highest BCUT2D eigenvalue weighted by Gasteiger charge is 2.27. The molecular weight excluding hydrogens is 316 g/mol. The molecular formula is C11H12N4O4S2. The van der Waals surface area contributed by atoms with Gasteiger partial charge in [-0.05, 0) is 19.1 Å². The smallest absolute Gasteiger partial charge is 0.290 e. The monoisotopic (exact) mass is 328 g/mol. The molecule has 21 heavy (non-hydrogen) atoms. The maximum atomic E-state index is 12.3.